The number of nitrogens with zero attached hydrogens (tertiary/aromatic N) is 1. The summed E-state index contributed by atoms with van der Waals surface area (Å²) in [5.74, 6) is -0.0873. The summed E-state index contributed by atoms with van der Waals surface area (Å²) in [6.45, 7) is 15.1. The molecule has 0 aromatic rings. The third-order valence-electron chi connectivity index (χ3n) is 3.35. The van der Waals surface area contributed by atoms with Gasteiger partial charge in [0.05, 0.1) is 25.2 Å². The van der Waals surface area contributed by atoms with Crippen molar-refractivity contribution in [2.75, 3.05) is 39.5 Å². The summed E-state index contributed by atoms with van der Waals surface area (Å²) in [6.07, 6.45) is 0.829. The van der Waals surface area contributed by atoms with E-state index < -0.39 is 5.41 Å². The summed E-state index contributed by atoms with van der Waals surface area (Å²) in [6, 6.07) is 0. The Morgan fingerprint density at radius 2 is 1.74 bits per heavy atom. The molecule has 4 nitrogen and oxygen atoms in total. The highest BCUT2D eigenvalue weighted by Crippen LogP contribution is 2.24. The van der Waals surface area contributed by atoms with Crippen molar-refractivity contribution in [2.24, 2.45) is 10.8 Å². The Morgan fingerprint density at radius 3 is 2.26 bits per heavy atom. The van der Waals surface area contributed by atoms with E-state index in [0.29, 0.717) is 6.61 Å². The zero-order valence-corrected chi connectivity index (χ0v) is 13.1. The second kappa shape index (κ2) is 6.71. The van der Waals surface area contributed by atoms with E-state index in [1.807, 2.05) is 13.8 Å². The van der Waals surface area contributed by atoms with E-state index in [1.54, 1.807) is 0 Å². The molecule has 0 aromatic heterocycles. The first-order valence-electron chi connectivity index (χ1n) is 7.18. The van der Waals surface area contributed by atoms with Crippen LogP contribution in [0.3, 0.4) is 0 Å². The van der Waals surface area contributed by atoms with E-state index in [1.165, 1.54) is 0 Å². The molecule has 0 unspecified atom stereocenters. The summed E-state index contributed by atoms with van der Waals surface area (Å²) in [5.41, 5.74) is -0.389. The molecule has 19 heavy (non-hydrogen) atoms. The molecule has 0 bridgehead atoms. The van der Waals surface area contributed by atoms with Crippen LogP contribution in [0.1, 0.15) is 41.0 Å². The van der Waals surface area contributed by atoms with Crippen molar-refractivity contribution >= 4 is 5.97 Å². The molecule has 0 atom stereocenters. The average Bonchev–Trinajstić information content (AvgIpc) is 2.34. The molecule has 1 heterocycles. The van der Waals surface area contributed by atoms with Gasteiger partial charge in [-0.15, -0.1) is 0 Å². The molecule has 0 radical (unpaired) electrons. The number of ether oxygens (including phenoxy) is 2. The molecular weight excluding hydrogens is 242 g/mol. The van der Waals surface area contributed by atoms with Crippen molar-refractivity contribution in [3.8, 4) is 0 Å². The molecule has 0 aromatic carbocycles. The van der Waals surface area contributed by atoms with Crippen molar-refractivity contribution in [3.05, 3.63) is 0 Å². The molecule has 1 fully saturated rings. The molecule has 0 amide bonds. The highest BCUT2D eigenvalue weighted by atomic mass is 16.5. The lowest BCUT2D eigenvalue weighted by molar-refractivity contribution is -0.157. The van der Waals surface area contributed by atoms with Gasteiger partial charge in [-0.2, -0.15) is 0 Å². The van der Waals surface area contributed by atoms with Crippen LogP contribution in [0.25, 0.3) is 0 Å². The number of hydrogen-bond donors (Lipinski definition) is 0. The normalized spacial score (nSPS) is 18.4. The fourth-order valence-corrected chi connectivity index (χ4v) is 1.84. The molecule has 0 N–H and O–H groups in total. The molecule has 1 saturated heterocycles. The maximum atomic E-state index is 12.1. The quantitative estimate of drug-likeness (QED) is 0.719. The zero-order valence-electron chi connectivity index (χ0n) is 13.1. The van der Waals surface area contributed by atoms with Crippen LogP contribution in [0.4, 0.5) is 0 Å². The van der Waals surface area contributed by atoms with Gasteiger partial charge in [0, 0.05) is 13.1 Å². The van der Waals surface area contributed by atoms with Crippen LogP contribution < -0.4 is 0 Å². The topological polar surface area (TPSA) is 38.8 Å². The fourth-order valence-electron chi connectivity index (χ4n) is 1.84. The van der Waals surface area contributed by atoms with E-state index in [9.17, 15) is 4.79 Å². The Kier molecular flexibility index (Phi) is 5.81. The molecular formula is C15H29NO3. The molecule has 0 spiro atoms. The van der Waals surface area contributed by atoms with Crippen LogP contribution in [0, 0.1) is 10.8 Å². The van der Waals surface area contributed by atoms with Gasteiger partial charge < -0.3 is 9.47 Å². The smallest absolute Gasteiger partial charge is 0.311 e. The summed E-state index contributed by atoms with van der Waals surface area (Å²) < 4.78 is 10.8. The monoisotopic (exact) mass is 271 g/mol. The van der Waals surface area contributed by atoms with Gasteiger partial charge >= 0.3 is 5.97 Å². The van der Waals surface area contributed by atoms with Gasteiger partial charge in [0.2, 0.25) is 0 Å². The van der Waals surface area contributed by atoms with Crippen LogP contribution in [-0.2, 0) is 14.3 Å². The number of esters is 1. The third kappa shape index (κ3) is 6.39. The van der Waals surface area contributed by atoms with Gasteiger partial charge in [-0.1, -0.05) is 20.8 Å². The van der Waals surface area contributed by atoms with E-state index in [4.69, 9.17) is 9.47 Å². The number of carbonyl (C=O) groups is 1. The van der Waals surface area contributed by atoms with Crippen molar-refractivity contribution in [1.29, 1.82) is 0 Å². The maximum absolute atomic E-state index is 12.1. The molecule has 1 aliphatic rings. The van der Waals surface area contributed by atoms with Gasteiger partial charge in [0.25, 0.3) is 0 Å². The first-order chi connectivity index (χ1) is 8.71. The summed E-state index contributed by atoms with van der Waals surface area (Å²) in [4.78, 5) is 14.5. The summed E-state index contributed by atoms with van der Waals surface area (Å²) >= 11 is 0. The number of carbonyl (C=O) groups excluding carboxylic acids is 1. The summed E-state index contributed by atoms with van der Waals surface area (Å²) in [5, 5.41) is 0. The third-order valence-corrected chi connectivity index (χ3v) is 3.35. The van der Waals surface area contributed by atoms with Crippen LogP contribution >= 0.6 is 0 Å². The molecule has 4 heteroatoms. The first kappa shape index (κ1) is 16.4. The molecule has 0 aliphatic carbocycles. The lowest BCUT2D eigenvalue weighted by atomic mass is 9.89. The van der Waals surface area contributed by atoms with Crippen molar-refractivity contribution < 1.29 is 14.3 Å². The average molecular weight is 271 g/mol. The van der Waals surface area contributed by atoms with Crippen LogP contribution in [0.15, 0.2) is 0 Å². The second-order valence-corrected chi connectivity index (χ2v) is 7.22. The number of rotatable bonds is 5. The molecule has 0 saturated carbocycles. The minimum Gasteiger partial charge on any atom is -0.465 e. The largest absolute Gasteiger partial charge is 0.465 e. The molecule has 112 valence electrons. The first-order valence-corrected chi connectivity index (χ1v) is 7.18. The van der Waals surface area contributed by atoms with E-state index in [0.717, 1.165) is 39.3 Å². The lowest BCUT2D eigenvalue weighted by Gasteiger charge is -2.31. The Bertz CT molecular complexity index is 288. The Balaban J connectivity index is 2.34. The zero-order chi connectivity index (χ0) is 14.5. The van der Waals surface area contributed by atoms with E-state index >= 15 is 0 Å². The van der Waals surface area contributed by atoms with Crippen LogP contribution in [-0.4, -0.2) is 50.3 Å². The standard InChI is InChI=1S/C15H29NO3/c1-14(2,3)12-19-13(17)15(4,5)6-7-16-8-10-18-11-9-16/h6-12H2,1-5H3. The van der Waals surface area contributed by atoms with Gasteiger partial charge in [-0.05, 0) is 32.2 Å². The van der Waals surface area contributed by atoms with Crippen LogP contribution in [0.2, 0.25) is 0 Å². The predicted octanol–water partition coefficient (Wildman–Crippen LogP) is 2.32. The number of morpholine rings is 1. The fraction of sp³-hybridized carbons (Fsp3) is 0.933. The van der Waals surface area contributed by atoms with Gasteiger partial charge in [-0.3, -0.25) is 9.69 Å². The maximum Gasteiger partial charge on any atom is 0.311 e. The van der Waals surface area contributed by atoms with E-state index in [-0.39, 0.29) is 11.4 Å². The van der Waals surface area contributed by atoms with Gasteiger partial charge in [0.1, 0.15) is 0 Å². The molecule has 1 rings (SSSR count). The second-order valence-electron chi connectivity index (χ2n) is 7.22. The highest BCUT2D eigenvalue weighted by Gasteiger charge is 2.31. The Hall–Kier alpha value is -0.610. The summed E-state index contributed by atoms with van der Waals surface area (Å²) in [7, 11) is 0. The number of hydrogen-bond acceptors (Lipinski definition) is 4. The Labute approximate surface area is 117 Å². The van der Waals surface area contributed by atoms with Gasteiger partial charge in [0.15, 0.2) is 0 Å². The minimum absolute atomic E-state index is 0.0238. The molecule has 1 aliphatic heterocycles. The van der Waals surface area contributed by atoms with Crippen molar-refractivity contribution in [2.45, 2.75) is 41.0 Å². The Morgan fingerprint density at radius 1 is 1.16 bits per heavy atom. The SMILES string of the molecule is CC(C)(C)COC(=O)C(C)(C)CCN1CCOCC1. The van der Waals surface area contributed by atoms with Crippen LogP contribution in [0.5, 0.6) is 0 Å². The predicted molar refractivity (Wildman–Crippen MR) is 76.1 cm³/mol. The van der Waals surface area contributed by atoms with Crippen molar-refractivity contribution in [1.82, 2.24) is 4.90 Å². The highest BCUT2D eigenvalue weighted by molar-refractivity contribution is 5.75. The van der Waals surface area contributed by atoms with Crippen molar-refractivity contribution in [3.63, 3.8) is 0 Å². The minimum atomic E-state index is -0.413. The van der Waals surface area contributed by atoms with Gasteiger partial charge in [-0.25, -0.2) is 0 Å². The van der Waals surface area contributed by atoms with E-state index in [2.05, 4.69) is 25.7 Å². The lowest BCUT2D eigenvalue weighted by Crippen LogP contribution is -2.40.